The van der Waals surface area contributed by atoms with E-state index in [-0.39, 0.29) is 6.04 Å². The number of hydrogen-bond donors (Lipinski definition) is 1. The zero-order valence-corrected chi connectivity index (χ0v) is 14.1. The zero-order chi connectivity index (χ0) is 15.3. The maximum absolute atomic E-state index is 4.28. The summed E-state index contributed by atoms with van der Waals surface area (Å²) < 4.78 is 2.06. The third-order valence-electron chi connectivity index (χ3n) is 4.64. The Hall–Kier alpha value is -0.970. The van der Waals surface area contributed by atoms with Crippen molar-refractivity contribution in [1.29, 1.82) is 0 Å². The van der Waals surface area contributed by atoms with Gasteiger partial charge in [-0.15, -0.1) is 5.10 Å². The van der Waals surface area contributed by atoms with E-state index in [1.165, 1.54) is 32.1 Å². The van der Waals surface area contributed by atoms with Gasteiger partial charge in [-0.25, -0.2) is 4.68 Å². The highest BCUT2D eigenvalue weighted by Crippen LogP contribution is 2.44. The average molecular weight is 293 g/mol. The summed E-state index contributed by atoms with van der Waals surface area (Å²) in [5.41, 5.74) is 0.406. The Kier molecular flexibility index (Phi) is 5.73. The molecule has 0 aliphatic heterocycles. The SMILES string of the molecule is CCCNC(C)c1nnnn1CC1(CC(C)C)CCCC1. The van der Waals surface area contributed by atoms with E-state index < -0.39 is 0 Å². The van der Waals surface area contributed by atoms with Crippen LogP contribution in [-0.2, 0) is 6.54 Å². The van der Waals surface area contributed by atoms with E-state index in [0.29, 0.717) is 5.41 Å². The lowest BCUT2D eigenvalue weighted by atomic mass is 9.78. The molecule has 1 aromatic rings. The number of nitrogens with one attached hydrogen (secondary N) is 1. The minimum Gasteiger partial charge on any atom is -0.307 e. The first-order valence-electron chi connectivity index (χ1n) is 8.56. The van der Waals surface area contributed by atoms with Gasteiger partial charge >= 0.3 is 0 Å². The summed E-state index contributed by atoms with van der Waals surface area (Å²) in [7, 11) is 0. The normalized spacial score (nSPS) is 19.3. The van der Waals surface area contributed by atoms with Gasteiger partial charge in [0, 0.05) is 0 Å². The highest BCUT2D eigenvalue weighted by atomic mass is 15.5. The minimum absolute atomic E-state index is 0.220. The fraction of sp³-hybridized carbons (Fsp3) is 0.938. The second-order valence-electron chi connectivity index (χ2n) is 7.18. The number of hydrogen-bond acceptors (Lipinski definition) is 4. The van der Waals surface area contributed by atoms with E-state index in [9.17, 15) is 0 Å². The molecule has 0 spiro atoms. The van der Waals surface area contributed by atoms with E-state index in [0.717, 1.165) is 31.3 Å². The summed E-state index contributed by atoms with van der Waals surface area (Å²) in [6.45, 7) is 11.0. The summed E-state index contributed by atoms with van der Waals surface area (Å²) in [6.07, 6.45) is 7.76. The predicted octanol–water partition coefficient (Wildman–Crippen LogP) is 3.34. The van der Waals surface area contributed by atoms with Crippen molar-refractivity contribution >= 4 is 0 Å². The highest BCUT2D eigenvalue weighted by Gasteiger charge is 2.36. The first-order valence-corrected chi connectivity index (χ1v) is 8.56. The summed E-state index contributed by atoms with van der Waals surface area (Å²) in [5, 5.41) is 16.0. The van der Waals surface area contributed by atoms with Gasteiger partial charge in [0.25, 0.3) is 0 Å². The largest absolute Gasteiger partial charge is 0.307 e. The molecule has 5 heteroatoms. The second kappa shape index (κ2) is 7.34. The van der Waals surface area contributed by atoms with Crippen LogP contribution in [0.3, 0.4) is 0 Å². The van der Waals surface area contributed by atoms with Crippen LogP contribution in [0.1, 0.15) is 78.1 Å². The van der Waals surface area contributed by atoms with Crippen LogP contribution in [0.2, 0.25) is 0 Å². The minimum atomic E-state index is 0.220. The predicted molar refractivity (Wildman–Crippen MR) is 84.9 cm³/mol. The fourth-order valence-electron chi connectivity index (χ4n) is 3.82. The van der Waals surface area contributed by atoms with Crippen molar-refractivity contribution in [2.45, 2.75) is 78.8 Å². The Morgan fingerprint density at radius 1 is 1.24 bits per heavy atom. The molecule has 1 saturated carbocycles. The standard InChI is InChI=1S/C16H31N5/c1-5-10-17-14(4)15-18-19-20-21(15)12-16(11-13(2)3)8-6-7-9-16/h13-14,17H,5-12H2,1-4H3. The fourth-order valence-corrected chi connectivity index (χ4v) is 3.82. The summed E-state index contributed by atoms with van der Waals surface area (Å²) in [6, 6.07) is 0.220. The van der Waals surface area contributed by atoms with Gasteiger partial charge in [-0.2, -0.15) is 0 Å². The monoisotopic (exact) mass is 293 g/mol. The van der Waals surface area contributed by atoms with Gasteiger partial charge in [-0.3, -0.25) is 0 Å². The van der Waals surface area contributed by atoms with E-state index in [1.807, 2.05) is 0 Å². The molecule has 1 N–H and O–H groups in total. The molecular weight excluding hydrogens is 262 g/mol. The van der Waals surface area contributed by atoms with Gasteiger partial charge in [0.2, 0.25) is 0 Å². The number of nitrogens with zero attached hydrogens (tertiary/aromatic N) is 4. The van der Waals surface area contributed by atoms with Crippen molar-refractivity contribution in [1.82, 2.24) is 25.5 Å². The Bertz CT molecular complexity index is 420. The second-order valence-corrected chi connectivity index (χ2v) is 7.18. The first kappa shape index (κ1) is 16.4. The third-order valence-corrected chi connectivity index (χ3v) is 4.64. The molecule has 5 nitrogen and oxygen atoms in total. The maximum atomic E-state index is 4.28. The maximum Gasteiger partial charge on any atom is 0.167 e. The molecule has 1 aromatic heterocycles. The van der Waals surface area contributed by atoms with Crippen LogP contribution in [0.15, 0.2) is 0 Å². The summed E-state index contributed by atoms with van der Waals surface area (Å²) in [4.78, 5) is 0. The van der Waals surface area contributed by atoms with Crippen LogP contribution >= 0.6 is 0 Å². The van der Waals surface area contributed by atoms with Crippen LogP contribution in [0.4, 0.5) is 0 Å². The van der Waals surface area contributed by atoms with Crippen LogP contribution in [-0.4, -0.2) is 26.8 Å². The van der Waals surface area contributed by atoms with Gasteiger partial charge in [0.1, 0.15) is 0 Å². The van der Waals surface area contributed by atoms with Crippen molar-refractivity contribution < 1.29 is 0 Å². The molecule has 0 saturated heterocycles. The Morgan fingerprint density at radius 3 is 2.57 bits per heavy atom. The molecule has 1 atom stereocenters. The molecule has 120 valence electrons. The van der Waals surface area contributed by atoms with E-state index in [1.54, 1.807) is 0 Å². The Balaban J connectivity index is 2.09. The molecule has 1 unspecified atom stereocenters. The molecule has 0 aromatic carbocycles. The number of aromatic nitrogens is 4. The molecule has 1 aliphatic carbocycles. The van der Waals surface area contributed by atoms with Gasteiger partial charge in [0.15, 0.2) is 5.82 Å². The Morgan fingerprint density at radius 2 is 1.95 bits per heavy atom. The molecule has 2 rings (SSSR count). The van der Waals surface area contributed by atoms with Gasteiger partial charge < -0.3 is 5.32 Å². The van der Waals surface area contributed by atoms with Gasteiger partial charge in [-0.05, 0) is 60.9 Å². The topological polar surface area (TPSA) is 55.6 Å². The van der Waals surface area contributed by atoms with Crippen molar-refractivity contribution in [3.63, 3.8) is 0 Å². The number of rotatable bonds is 8. The molecule has 0 bridgehead atoms. The van der Waals surface area contributed by atoms with Gasteiger partial charge in [-0.1, -0.05) is 33.6 Å². The zero-order valence-electron chi connectivity index (χ0n) is 14.1. The molecule has 1 heterocycles. The van der Waals surface area contributed by atoms with Crippen molar-refractivity contribution in [2.24, 2.45) is 11.3 Å². The van der Waals surface area contributed by atoms with Crippen LogP contribution < -0.4 is 5.32 Å². The lowest BCUT2D eigenvalue weighted by Crippen LogP contribution is -2.30. The third kappa shape index (κ3) is 4.25. The van der Waals surface area contributed by atoms with Crippen molar-refractivity contribution in [2.75, 3.05) is 6.54 Å². The molecule has 0 radical (unpaired) electrons. The summed E-state index contributed by atoms with van der Waals surface area (Å²) in [5.74, 6) is 1.72. The van der Waals surface area contributed by atoms with E-state index in [4.69, 9.17) is 0 Å². The van der Waals surface area contributed by atoms with Crippen LogP contribution in [0, 0.1) is 11.3 Å². The average Bonchev–Trinajstić information content (AvgIpc) is 3.05. The van der Waals surface area contributed by atoms with E-state index >= 15 is 0 Å². The van der Waals surface area contributed by atoms with Crippen molar-refractivity contribution in [3.8, 4) is 0 Å². The molecule has 21 heavy (non-hydrogen) atoms. The van der Waals surface area contributed by atoms with Crippen LogP contribution in [0.25, 0.3) is 0 Å². The van der Waals surface area contributed by atoms with E-state index in [2.05, 4.69) is 53.2 Å². The summed E-state index contributed by atoms with van der Waals surface area (Å²) >= 11 is 0. The quantitative estimate of drug-likeness (QED) is 0.798. The van der Waals surface area contributed by atoms with Crippen molar-refractivity contribution in [3.05, 3.63) is 5.82 Å². The van der Waals surface area contributed by atoms with Crippen LogP contribution in [0.5, 0.6) is 0 Å². The number of tetrazole rings is 1. The highest BCUT2D eigenvalue weighted by molar-refractivity contribution is 4.93. The molecule has 0 amide bonds. The lowest BCUT2D eigenvalue weighted by molar-refractivity contribution is 0.183. The smallest absolute Gasteiger partial charge is 0.167 e. The van der Waals surface area contributed by atoms with Gasteiger partial charge in [0.05, 0.1) is 12.6 Å². The molecule has 1 fully saturated rings. The first-order chi connectivity index (χ1) is 10.1. The Labute approximate surface area is 128 Å². The molecular formula is C16H31N5. The lowest BCUT2D eigenvalue weighted by Gasteiger charge is -2.31. The molecule has 1 aliphatic rings.